The molecule has 1 saturated heterocycles. The highest BCUT2D eigenvalue weighted by Gasteiger charge is 2.20. The molecule has 110 valence electrons. The minimum absolute atomic E-state index is 0.605. The van der Waals surface area contributed by atoms with E-state index in [-0.39, 0.29) is 0 Å². The van der Waals surface area contributed by atoms with Crippen molar-refractivity contribution in [2.75, 3.05) is 31.7 Å². The monoisotopic (exact) mass is 276 g/mol. The average molecular weight is 276 g/mol. The van der Waals surface area contributed by atoms with Crippen LogP contribution in [-0.4, -0.2) is 42.8 Å². The van der Waals surface area contributed by atoms with Gasteiger partial charge in [-0.05, 0) is 31.6 Å². The second kappa shape index (κ2) is 6.50. The molecule has 1 N–H and O–H groups in total. The topological polar surface area (TPSA) is 50.3 Å². The van der Waals surface area contributed by atoms with Crippen LogP contribution in [0, 0.1) is 5.92 Å². The van der Waals surface area contributed by atoms with Crippen LogP contribution in [0.5, 0.6) is 0 Å². The number of rotatable bonds is 6. The molecule has 1 aromatic rings. The molecule has 5 heteroatoms. The van der Waals surface area contributed by atoms with Gasteiger partial charge in [0.1, 0.15) is 0 Å². The first-order valence-electron chi connectivity index (χ1n) is 7.64. The van der Waals surface area contributed by atoms with E-state index in [1.807, 2.05) is 12.4 Å². The molecule has 2 aliphatic rings. The van der Waals surface area contributed by atoms with E-state index >= 15 is 0 Å². The molecule has 1 unspecified atom stereocenters. The Bertz CT molecular complexity index is 412. The van der Waals surface area contributed by atoms with Crippen LogP contribution in [0.25, 0.3) is 0 Å². The van der Waals surface area contributed by atoms with Crippen LogP contribution in [0.15, 0.2) is 12.4 Å². The zero-order valence-electron chi connectivity index (χ0n) is 12.2. The average Bonchev–Trinajstić information content (AvgIpc) is 3.31. The summed E-state index contributed by atoms with van der Waals surface area (Å²) in [6, 6.07) is 0.726. The molecule has 0 radical (unpaired) electrons. The van der Waals surface area contributed by atoms with Crippen LogP contribution in [0.3, 0.4) is 0 Å². The van der Waals surface area contributed by atoms with Gasteiger partial charge in [0.2, 0.25) is 5.95 Å². The summed E-state index contributed by atoms with van der Waals surface area (Å²) in [5.41, 5.74) is 1.16. The molecule has 1 aliphatic heterocycles. The predicted octanol–water partition coefficient (Wildman–Crippen LogP) is 1.59. The lowest BCUT2D eigenvalue weighted by molar-refractivity contribution is 0.0575. The fraction of sp³-hybridized carbons (Fsp3) is 0.733. The smallest absolute Gasteiger partial charge is 0.225 e. The second-order valence-electron chi connectivity index (χ2n) is 6.01. The molecule has 0 aromatic carbocycles. The van der Waals surface area contributed by atoms with E-state index < -0.39 is 0 Å². The molecule has 1 aliphatic carbocycles. The van der Waals surface area contributed by atoms with Gasteiger partial charge in [-0.15, -0.1) is 0 Å². The van der Waals surface area contributed by atoms with Crippen molar-refractivity contribution in [1.29, 1.82) is 0 Å². The van der Waals surface area contributed by atoms with Crippen molar-refractivity contribution in [2.45, 2.75) is 38.3 Å². The number of ether oxygens (including phenoxy) is 1. The molecule has 20 heavy (non-hydrogen) atoms. The molecule has 0 amide bonds. The van der Waals surface area contributed by atoms with Crippen molar-refractivity contribution in [3.63, 3.8) is 0 Å². The highest BCUT2D eigenvalue weighted by molar-refractivity contribution is 5.28. The van der Waals surface area contributed by atoms with Gasteiger partial charge in [0.25, 0.3) is 0 Å². The Morgan fingerprint density at radius 3 is 2.75 bits per heavy atom. The molecule has 2 heterocycles. The summed E-state index contributed by atoms with van der Waals surface area (Å²) in [5, 5.41) is 3.48. The van der Waals surface area contributed by atoms with E-state index in [0.717, 1.165) is 43.9 Å². The summed E-state index contributed by atoms with van der Waals surface area (Å²) < 4.78 is 5.52. The Morgan fingerprint density at radius 2 is 2.10 bits per heavy atom. The first-order chi connectivity index (χ1) is 9.81. The van der Waals surface area contributed by atoms with Gasteiger partial charge < -0.3 is 15.0 Å². The third-order valence-electron chi connectivity index (χ3n) is 3.99. The quantitative estimate of drug-likeness (QED) is 0.855. The molecule has 1 atom stereocenters. The minimum atomic E-state index is 0.605. The van der Waals surface area contributed by atoms with E-state index in [9.17, 15) is 0 Å². The number of aromatic nitrogens is 2. The Hall–Kier alpha value is -1.20. The van der Waals surface area contributed by atoms with Crippen LogP contribution in [-0.2, 0) is 11.3 Å². The molecular weight excluding hydrogens is 252 g/mol. The predicted molar refractivity (Wildman–Crippen MR) is 78.7 cm³/mol. The fourth-order valence-electron chi connectivity index (χ4n) is 2.61. The largest absolute Gasteiger partial charge is 0.381 e. The SMILES string of the molecule is CN(CC1CCCOC1)c1ncc(CNC2CC2)cn1. The molecule has 3 rings (SSSR count). The summed E-state index contributed by atoms with van der Waals surface area (Å²) in [5.74, 6) is 1.42. The lowest BCUT2D eigenvalue weighted by Crippen LogP contribution is -2.31. The van der Waals surface area contributed by atoms with Crippen molar-refractivity contribution < 1.29 is 4.74 Å². The summed E-state index contributed by atoms with van der Waals surface area (Å²) in [6.07, 6.45) is 8.91. The lowest BCUT2D eigenvalue weighted by atomic mass is 10.0. The summed E-state index contributed by atoms with van der Waals surface area (Å²) >= 11 is 0. The van der Waals surface area contributed by atoms with Gasteiger partial charge in [-0.3, -0.25) is 0 Å². The van der Waals surface area contributed by atoms with E-state index in [2.05, 4.69) is 27.2 Å². The molecule has 0 bridgehead atoms. The first-order valence-corrected chi connectivity index (χ1v) is 7.64. The van der Waals surface area contributed by atoms with Crippen LogP contribution in [0.2, 0.25) is 0 Å². The molecule has 1 saturated carbocycles. The Balaban J connectivity index is 1.49. The van der Waals surface area contributed by atoms with Gasteiger partial charge in [-0.2, -0.15) is 0 Å². The number of nitrogens with zero attached hydrogens (tertiary/aromatic N) is 3. The van der Waals surface area contributed by atoms with Crippen molar-refractivity contribution >= 4 is 5.95 Å². The summed E-state index contributed by atoms with van der Waals surface area (Å²) in [4.78, 5) is 11.1. The molecule has 5 nitrogen and oxygen atoms in total. The third kappa shape index (κ3) is 3.90. The maximum absolute atomic E-state index is 5.52. The first kappa shape index (κ1) is 13.8. The van der Waals surface area contributed by atoms with Crippen molar-refractivity contribution in [3.8, 4) is 0 Å². The number of hydrogen-bond donors (Lipinski definition) is 1. The van der Waals surface area contributed by atoms with Gasteiger partial charge in [-0.1, -0.05) is 0 Å². The summed E-state index contributed by atoms with van der Waals surface area (Å²) in [7, 11) is 2.06. The fourth-order valence-corrected chi connectivity index (χ4v) is 2.61. The zero-order chi connectivity index (χ0) is 13.8. The Kier molecular flexibility index (Phi) is 4.47. The van der Waals surface area contributed by atoms with E-state index in [0.29, 0.717) is 5.92 Å². The normalized spacial score (nSPS) is 22.8. The molecule has 1 aromatic heterocycles. The standard InChI is InChI=1S/C15H24N4O/c1-19(10-12-3-2-6-20-11-12)15-17-8-13(9-18-15)7-16-14-4-5-14/h8-9,12,14,16H,2-7,10-11H2,1H3. The third-order valence-corrected chi connectivity index (χ3v) is 3.99. The van der Waals surface area contributed by atoms with Crippen molar-refractivity contribution in [2.24, 2.45) is 5.92 Å². The van der Waals surface area contributed by atoms with Gasteiger partial charge in [0, 0.05) is 50.7 Å². The lowest BCUT2D eigenvalue weighted by Gasteiger charge is -2.27. The highest BCUT2D eigenvalue weighted by Crippen LogP contribution is 2.19. The van der Waals surface area contributed by atoms with Crippen LogP contribution in [0.1, 0.15) is 31.2 Å². The van der Waals surface area contributed by atoms with Crippen LogP contribution in [0.4, 0.5) is 5.95 Å². The van der Waals surface area contributed by atoms with E-state index in [1.54, 1.807) is 0 Å². The zero-order valence-corrected chi connectivity index (χ0v) is 12.2. The van der Waals surface area contributed by atoms with Gasteiger partial charge in [0.15, 0.2) is 0 Å². The maximum Gasteiger partial charge on any atom is 0.225 e. The van der Waals surface area contributed by atoms with Crippen LogP contribution < -0.4 is 10.2 Å². The number of anilines is 1. The Labute approximate surface area is 120 Å². The second-order valence-corrected chi connectivity index (χ2v) is 6.01. The van der Waals surface area contributed by atoms with E-state index in [4.69, 9.17) is 4.74 Å². The molecule has 0 spiro atoms. The summed E-state index contributed by atoms with van der Waals surface area (Å²) in [6.45, 7) is 3.64. The highest BCUT2D eigenvalue weighted by atomic mass is 16.5. The van der Waals surface area contributed by atoms with Crippen LogP contribution >= 0.6 is 0 Å². The Morgan fingerprint density at radius 1 is 1.30 bits per heavy atom. The molecular formula is C15H24N4O. The minimum Gasteiger partial charge on any atom is -0.381 e. The van der Waals surface area contributed by atoms with Gasteiger partial charge >= 0.3 is 0 Å². The maximum atomic E-state index is 5.52. The van der Waals surface area contributed by atoms with Crippen molar-refractivity contribution in [1.82, 2.24) is 15.3 Å². The van der Waals surface area contributed by atoms with Crippen molar-refractivity contribution in [3.05, 3.63) is 18.0 Å². The number of hydrogen-bond acceptors (Lipinski definition) is 5. The van der Waals surface area contributed by atoms with E-state index in [1.165, 1.54) is 25.7 Å². The molecule has 2 fully saturated rings. The number of nitrogens with one attached hydrogen (secondary N) is 1. The van der Waals surface area contributed by atoms with Gasteiger partial charge in [0.05, 0.1) is 6.61 Å². The van der Waals surface area contributed by atoms with Gasteiger partial charge in [-0.25, -0.2) is 9.97 Å².